The average molecular weight is 558 g/mol. The first kappa shape index (κ1) is 27.5. The van der Waals surface area contributed by atoms with Crippen LogP contribution in [0.25, 0.3) is 0 Å². The Kier molecular flexibility index (Phi) is 9.65. The van der Waals surface area contributed by atoms with Crippen LogP contribution in [0.1, 0.15) is 52.7 Å². The van der Waals surface area contributed by atoms with E-state index in [1.54, 1.807) is 25.1 Å². The van der Waals surface area contributed by atoms with Crippen molar-refractivity contribution in [2.24, 2.45) is 0 Å². The Morgan fingerprint density at radius 1 is 1.06 bits per heavy atom. The molecule has 180 valence electrons. The van der Waals surface area contributed by atoms with Crippen molar-refractivity contribution in [2.45, 2.75) is 65.6 Å². The highest BCUT2D eigenvalue weighted by Crippen LogP contribution is 2.31. The number of nitrogens with zero attached hydrogens (tertiary/aromatic N) is 1. The van der Waals surface area contributed by atoms with Crippen molar-refractivity contribution in [1.29, 1.82) is 0 Å². The van der Waals surface area contributed by atoms with Gasteiger partial charge in [0.15, 0.2) is 6.61 Å². The van der Waals surface area contributed by atoms with Gasteiger partial charge in [-0.25, -0.2) is 0 Å². The van der Waals surface area contributed by atoms with Crippen LogP contribution in [0, 0.1) is 0 Å². The molecule has 0 saturated heterocycles. The third kappa shape index (κ3) is 7.90. The van der Waals surface area contributed by atoms with Gasteiger partial charge >= 0.3 is 0 Å². The number of hydrogen-bond donors (Lipinski definition) is 1. The molecule has 0 aliphatic carbocycles. The Morgan fingerprint density at radius 3 is 2.27 bits per heavy atom. The highest BCUT2D eigenvalue weighted by Gasteiger charge is 2.27. The van der Waals surface area contributed by atoms with Crippen molar-refractivity contribution in [3.8, 4) is 5.75 Å². The minimum atomic E-state index is -0.704. The van der Waals surface area contributed by atoms with Gasteiger partial charge in [-0.3, -0.25) is 9.59 Å². The fourth-order valence-electron chi connectivity index (χ4n) is 3.13. The lowest BCUT2D eigenvalue weighted by atomic mass is 9.87. The summed E-state index contributed by atoms with van der Waals surface area (Å²) in [5.74, 6) is -0.00137. The maximum atomic E-state index is 13.2. The molecule has 0 bridgehead atoms. The Labute approximate surface area is 214 Å². The van der Waals surface area contributed by atoms with E-state index in [1.807, 2.05) is 32.0 Å². The van der Waals surface area contributed by atoms with Crippen LogP contribution >= 0.6 is 39.1 Å². The number of carbonyl (C=O) groups excluding carboxylic acids is 2. The second kappa shape index (κ2) is 11.6. The summed E-state index contributed by atoms with van der Waals surface area (Å²) in [6.07, 6.45) is 0. The largest absolute Gasteiger partial charge is 0.483 e. The summed E-state index contributed by atoms with van der Waals surface area (Å²) >= 11 is 15.7. The second-order valence-corrected chi connectivity index (χ2v) is 11.0. The molecule has 33 heavy (non-hydrogen) atoms. The molecule has 2 amide bonds. The number of amides is 2. The number of halogens is 3. The minimum Gasteiger partial charge on any atom is -0.483 e. The van der Waals surface area contributed by atoms with E-state index in [4.69, 9.17) is 27.9 Å². The SMILES string of the molecule is CC(C)NC(=O)C(C)N(Cc1ccc(Cl)c(Cl)c1)C(=O)COc1ccc(C(C)(C)C)cc1Br. The zero-order valence-corrected chi connectivity index (χ0v) is 22.9. The minimum absolute atomic E-state index is 0.00721. The third-order valence-corrected chi connectivity index (χ3v) is 6.44. The van der Waals surface area contributed by atoms with Crippen molar-refractivity contribution in [3.63, 3.8) is 0 Å². The molecule has 0 spiro atoms. The Balaban J connectivity index is 2.22. The summed E-state index contributed by atoms with van der Waals surface area (Å²) < 4.78 is 6.59. The van der Waals surface area contributed by atoms with Gasteiger partial charge in [-0.1, -0.05) is 56.1 Å². The normalized spacial score (nSPS) is 12.4. The van der Waals surface area contributed by atoms with Crippen LogP contribution in [0.4, 0.5) is 0 Å². The van der Waals surface area contributed by atoms with Crippen LogP contribution in [-0.2, 0) is 21.5 Å². The van der Waals surface area contributed by atoms with E-state index < -0.39 is 6.04 Å². The molecule has 0 radical (unpaired) electrons. The molecular formula is C25H31BrCl2N2O3. The van der Waals surface area contributed by atoms with Crippen LogP contribution in [0.3, 0.4) is 0 Å². The average Bonchev–Trinajstić information content (AvgIpc) is 2.71. The van der Waals surface area contributed by atoms with Gasteiger partial charge in [-0.05, 0) is 77.5 Å². The molecular weight excluding hydrogens is 527 g/mol. The van der Waals surface area contributed by atoms with Crippen molar-refractivity contribution < 1.29 is 14.3 Å². The summed E-state index contributed by atoms with van der Waals surface area (Å²) in [4.78, 5) is 27.3. The highest BCUT2D eigenvalue weighted by molar-refractivity contribution is 9.10. The molecule has 8 heteroatoms. The first-order valence-electron chi connectivity index (χ1n) is 10.8. The second-order valence-electron chi connectivity index (χ2n) is 9.29. The standard InChI is InChI=1S/C25H31BrCl2N2O3/c1-15(2)29-24(32)16(3)30(13-17-7-9-20(27)21(28)11-17)23(31)14-33-22-10-8-18(12-19(22)26)25(4,5)6/h7-12,15-16H,13-14H2,1-6H3,(H,29,32). The van der Waals surface area contributed by atoms with Crippen LogP contribution in [0.15, 0.2) is 40.9 Å². The maximum absolute atomic E-state index is 13.2. The quantitative estimate of drug-likeness (QED) is 0.410. The summed E-state index contributed by atoms with van der Waals surface area (Å²) in [6, 6.07) is 10.2. The molecule has 2 rings (SSSR count). The van der Waals surface area contributed by atoms with E-state index >= 15 is 0 Å². The van der Waals surface area contributed by atoms with E-state index in [1.165, 1.54) is 4.90 Å². The molecule has 0 aliphatic rings. The topological polar surface area (TPSA) is 58.6 Å². The van der Waals surface area contributed by atoms with Gasteiger partial charge in [0.2, 0.25) is 5.91 Å². The molecule has 1 unspecified atom stereocenters. The van der Waals surface area contributed by atoms with Crippen molar-refractivity contribution in [3.05, 3.63) is 62.0 Å². The first-order valence-corrected chi connectivity index (χ1v) is 12.3. The number of benzene rings is 2. The summed E-state index contributed by atoms with van der Waals surface area (Å²) in [5, 5.41) is 3.67. The van der Waals surface area contributed by atoms with Crippen molar-refractivity contribution in [2.75, 3.05) is 6.61 Å². The molecule has 5 nitrogen and oxygen atoms in total. The third-order valence-electron chi connectivity index (χ3n) is 5.08. The number of rotatable bonds is 8. The first-order chi connectivity index (χ1) is 15.3. The monoisotopic (exact) mass is 556 g/mol. The molecule has 2 aromatic carbocycles. The fourth-order valence-corrected chi connectivity index (χ4v) is 3.94. The predicted molar refractivity (Wildman–Crippen MR) is 138 cm³/mol. The van der Waals surface area contributed by atoms with Crippen LogP contribution in [-0.4, -0.2) is 35.4 Å². The lowest BCUT2D eigenvalue weighted by molar-refractivity contribution is -0.142. The molecule has 0 heterocycles. The lowest BCUT2D eigenvalue weighted by Crippen LogP contribution is -2.50. The molecule has 0 fully saturated rings. The van der Waals surface area contributed by atoms with E-state index in [0.29, 0.717) is 15.8 Å². The van der Waals surface area contributed by atoms with Gasteiger partial charge in [-0.15, -0.1) is 0 Å². The molecule has 0 saturated carbocycles. The van der Waals surface area contributed by atoms with E-state index in [-0.39, 0.29) is 36.4 Å². The van der Waals surface area contributed by atoms with E-state index in [2.05, 4.69) is 42.0 Å². The zero-order valence-electron chi connectivity index (χ0n) is 19.8. The molecule has 1 atom stereocenters. The van der Waals surface area contributed by atoms with Gasteiger partial charge < -0.3 is 15.0 Å². The molecule has 2 aromatic rings. The fraction of sp³-hybridized carbons (Fsp3) is 0.440. The van der Waals surface area contributed by atoms with E-state index in [9.17, 15) is 9.59 Å². The van der Waals surface area contributed by atoms with E-state index in [0.717, 1.165) is 15.6 Å². The van der Waals surface area contributed by atoms with Gasteiger partial charge in [0.1, 0.15) is 11.8 Å². The van der Waals surface area contributed by atoms with Crippen LogP contribution in [0.2, 0.25) is 10.0 Å². The molecule has 1 N–H and O–H groups in total. The number of hydrogen-bond acceptors (Lipinski definition) is 3. The van der Waals surface area contributed by atoms with Gasteiger partial charge in [0, 0.05) is 12.6 Å². The van der Waals surface area contributed by atoms with Gasteiger partial charge in [0.25, 0.3) is 5.91 Å². The lowest BCUT2D eigenvalue weighted by Gasteiger charge is -2.29. The smallest absolute Gasteiger partial charge is 0.261 e. The van der Waals surface area contributed by atoms with Gasteiger partial charge in [-0.2, -0.15) is 0 Å². The van der Waals surface area contributed by atoms with Crippen LogP contribution in [0.5, 0.6) is 5.75 Å². The Morgan fingerprint density at radius 2 is 1.73 bits per heavy atom. The van der Waals surface area contributed by atoms with Crippen molar-refractivity contribution in [1.82, 2.24) is 10.2 Å². The Hall–Kier alpha value is -1.76. The zero-order chi connectivity index (χ0) is 24.9. The molecule has 0 aliphatic heterocycles. The summed E-state index contributed by atoms with van der Waals surface area (Å²) in [7, 11) is 0. The summed E-state index contributed by atoms with van der Waals surface area (Å²) in [5.41, 5.74) is 1.90. The van der Waals surface area contributed by atoms with Crippen LogP contribution < -0.4 is 10.1 Å². The van der Waals surface area contributed by atoms with Crippen molar-refractivity contribution >= 4 is 50.9 Å². The van der Waals surface area contributed by atoms with Gasteiger partial charge in [0.05, 0.1) is 14.5 Å². The maximum Gasteiger partial charge on any atom is 0.261 e. The number of nitrogens with one attached hydrogen (secondary N) is 1. The molecule has 0 aromatic heterocycles. The predicted octanol–water partition coefficient (Wildman–Crippen LogP) is 6.37. The Bertz CT molecular complexity index is 1010. The number of ether oxygens (including phenoxy) is 1. The summed E-state index contributed by atoms with van der Waals surface area (Å²) in [6.45, 7) is 11.8. The number of carbonyl (C=O) groups is 2. The highest BCUT2D eigenvalue weighted by atomic mass is 79.9.